The Morgan fingerprint density at radius 2 is 1.89 bits per heavy atom. The number of nitrogens with zero attached hydrogens (tertiary/aromatic N) is 4. The molecule has 0 saturated carbocycles. The van der Waals surface area contributed by atoms with E-state index in [2.05, 4.69) is 9.88 Å². The van der Waals surface area contributed by atoms with Gasteiger partial charge in [-0.1, -0.05) is 0 Å². The Morgan fingerprint density at radius 3 is 2.52 bits per heavy atom. The number of nitrogens with two attached hydrogens (primary N) is 1. The van der Waals surface area contributed by atoms with Crippen LogP contribution in [-0.2, 0) is 11.2 Å². The number of carbonyl (C=O) groups excluding carboxylic acids is 2. The normalized spacial score (nSPS) is 14.7. The first-order valence-electron chi connectivity index (χ1n) is 9.02. The molecule has 27 heavy (non-hydrogen) atoms. The van der Waals surface area contributed by atoms with Crippen molar-refractivity contribution < 1.29 is 9.59 Å². The van der Waals surface area contributed by atoms with Crippen LogP contribution in [-0.4, -0.2) is 83.9 Å². The van der Waals surface area contributed by atoms with E-state index in [0.29, 0.717) is 38.3 Å². The predicted molar refractivity (Wildman–Crippen MR) is 114 cm³/mol. The lowest BCUT2D eigenvalue weighted by Gasteiger charge is -2.25. The molecule has 1 saturated heterocycles. The molecule has 1 aliphatic rings. The maximum Gasteiger partial charge on any atom is 0.273 e. The molecule has 2 rings (SSSR count). The van der Waals surface area contributed by atoms with Crippen LogP contribution in [0.25, 0.3) is 0 Å². The third-order valence-corrected chi connectivity index (χ3v) is 5.39. The van der Waals surface area contributed by atoms with Gasteiger partial charge in [0.25, 0.3) is 5.91 Å². The van der Waals surface area contributed by atoms with Crippen molar-refractivity contribution in [1.82, 2.24) is 19.7 Å². The monoisotopic (exact) mass is 439 g/mol. The number of aromatic nitrogens is 1. The highest BCUT2D eigenvalue weighted by atomic mass is 35.5. The quantitative estimate of drug-likeness (QED) is 0.695. The summed E-state index contributed by atoms with van der Waals surface area (Å²) >= 11 is 1.49. The number of likely N-dealkylation sites (N-methyl/N-ethyl adjacent to an activating group) is 1. The number of amides is 2. The van der Waals surface area contributed by atoms with Crippen molar-refractivity contribution in [3.63, 3.8) is 0 Å². The average Bonchev–Trinajstić information content (AvgIpc) is 2.94. The van der Waals surface area contributed by atoms with Gasteiger partial charge in [0.2, 0.25) is 5.91 Å². The number of halogens is 2. The summed E-state index contributed by atoms with van der Waals surface area (Å²) in [5, 5.41) is 2.73. The summed E-state index contributed by atoms with van der Waals surface area (Å²) in [7, 11) is 0. The molecule has 0 aliphatic carbocycles. The molecule has 2 amide bonds. The second-order valence-electron chi connectivity index (χ2n) is 6.15. The Hall–Kier alpha value is -0.930. The van der Waals surface area contributed by atoms with Crippen LogP contribution in [0.15, 0.2) is 5.38 Å². The van der Waals surface area contributed by atoms with Crippen LogP contribution in [0.1, 0.15) is 35.8 Å². The topological polar surface area (TPSA) is 82.8 Å². The summed E-state index contributed by atoms with van der Waals surface area (Å²) in [6.07, 6.45) is 1.58. The highest BCUT2D eigenvalue weighted by molar-refractivity contribution is 7.09. The molecule has 0 bridgehead atoms. The molecule has 0 unspecified atom stereocenters. The summed E-state index contributed by atoms with van der Waals surface area (Å²) in [5.74, 6) is 0.146. The molecule has 7 nitrogen and oxygen atoms in total. The van der Waals surface area contributed by atoms with E-state index >= 15 is 0 Å². The van der Waals surface area contributed by atoms with E-state index in [1.807, 2.05) is 29.0 Å². The van der Waals surface area contributed by atoms with Gasteiger partial charge in [0.05, 0.1) is 11.6 Å². The van der Waals surface area contributed by atoms with Crippen molar-refractivity contribution in [1.29, 1.82) is 0 Å². The molecule has 2 N–H and O–H groups in total. The maximum atomic E-state index is 12.6. The third-order valence-electron chi connectivity index (χ3n) is 4.48. The summed E-state index contributed by atoms with van der Waals surface area (Å²) in [5.41, 5.74) is 6.06. The van der Waals surface area contributed by atoms with Crippen molar-refractivity contribution in [2.75, 3.05) is 52.4 Å². The Morgan fingerprint density at radius 1 is 1.19 bits per heavy atom. The van der Waals surface area contributed by atoms with E-state index in [1.54, 1.807) is 0 Å². The molecule has 0 radical (unpaired) electrons. The van der Waals surface area contributed by atoms with Crippen molar-refractivity contribution >= 4 is 48.0 Å². The van der Waals surface area contributed by atoms with Gasteiger partial charge < -0.3 is 15.5 Å². The molecule has 0 aromatic carbocycles. The van der Waals surface area contributed by atoms with E-state index in [9.17, 15) is 9.59 Å². The van der Waals surface area contributed by atoms with E-state index in [-0.39, 0.29) is 36.6 Å². The molecular formula is C17H31Cl2N5O2S. The summed E-state index contributed by atoms with van der Waals surface area (Å²) in [6.45, 7) is 9.35. The zero-order chi connectivity index (χ0) is 18.2. The molecule has 156 valence electrons. The van der Waals surface area contributed by atoms with Gasteiger partial charge in [-0.25, -0.2) is 4.98 Å². The van der Waals surface area contributed by atoms with Crippen LogP contribution >= 0.6 is 36.2 Å². The fourth-order valence-corrected chi connectivity index (χ4v) is 3.80. The first kappa shape index (κ1) is 26.1. The van der Waals surface area contributed by atoms with Crippen LogP contribution in [0.3, 0.4) is 0 Å². The minimum atomic E-state index is -0.0172. The lowest BCUT2D eigenvalue weighted by molar-refractivity contribution is -0.132. The molecule has 0 spiro atoms. The van der Waals surface area contributed by atoms with Crippen molar-refractivity contribution in [3.05, 3.63) is 16.1 Å². The molecule has 1 aliphatic heterocycles. The number of carbonyl (C=O) groups is 2. The van der Waals surface area contributed by atoms with E-state index in [0.717, 1.165) is 37.6 Å². The summed E-state index contributed by atoms with van der Waals surface area (Å²) < 4.78 is 0. The first-order valence-corrected chi connectivity index (χ1v) is 9.90. The molecule has 10 heteroatoms. The van der Waals surface area contributed by atoms with Crippen molar-refractivity contribution in [2.45, 2.75) is 26.7 Å². The standard InChI is InChI=1S/C17H29N5O2S.2ClH/c1-3-21(4-2)16(23)12-20-8-5-9-22(11-10-20)17(24)14-13-25-15(19-14)6-7-18;;/h13H,3-12,18H2,1-2H3;2*1H. The maximum absolute atomic E-state index is 12.6. The van der Waals surface area contributed by atoms with E-state index in [1.165, 1.54) is 11.3 Å². The van der Waals surface area contributed by atoms with Crippen LogP contribution in [0, 0.1) is 0 Å². The molecule has 1 aromatic heterocycles. The predicted octanol–water partition coefficient (Wildman–Crippen LogP) is 1.50. The number of thiazole rings is 1. The highest BCUT2D eigenvalue weighted by Gasteiger charge is 2.23. The number of hydrogen-bond donors (Lipinski definition) is 1. The average molecular weight is 440 g/mol. The lowest BCUT2D eigenvalue weighted by atomic mass is 10.3. The van der Waals surface area contributed by atoms with Gasteiger partial charge in [-0.05, 0) is 26.8 Å². The van der Waals surface area contributed by atoms with Crippen LogP contribution in [0.5, 0.6) is 0 Å². The third kappa shape index (κ3) is 7.54. The van der Waals surface area contributed by atoms with Crippen LogP contribution < -0.4 is 5.73 Å². The molecule has 2 heterocycles. The Kier molecular flexibility index (Phi) is 12.8. The van der Waals surface area contributed by atoms with Gasteiger partial charge in [0.15, 0.2) is 0 Å². The Labute approximate surface area is 178 Å². The number of rotatable bonds is 7. The Bertz CT molecular complexity index is 583. The minimum absolute atomic E-state index is 0. The van der Waals surface area contributed by atoms with Crippen LogP contribution in [0.2, 0.25) is 0 Å². The first-order chi connectivity index (χ1) is 12.1. The fraction of sp³-hybridized carbons (Fsp3) is 0.706. The second-order valence-corrected chi connectivity index (χ2v) is 7.10. The summed E-state index contributed by atoms with van der Waals surface area (Å²) in [6, 6.07) is 0. The zero-order valence-corrected chi connectivity index (χ0v) is 18.5. The molecule has 1 fully saturated rings. The van der Waals surface area contributed by atoms with E-state index in [4.69, 9.17) is 5.73 Å². The van der Waals surface area contributed by atoms with Crippen LogP contribution in [0.4, 0.5) is 0 Å². The Balaban J connectivity index is 0.00000338. The van der Waals surface area contributed by atoms with E-state index < -0.39 is 0 Å². The largest absolute Gasteiger partial charge is 0.342 e. The van der Waals surface area contributed by atoms with Crippen molar-refractivity contribution in [3.8, 4) is 0 Å². The molecule has 0 atom stereocenters. The minimum Gasteiger partial charge on any atom is -0.342 e. The van der Waals surface area contributed by atoms with Gasteiger partial charge in [-0.2, -0.15) is 0 Å². The lowest BCUT2D eigenvalue weighted by Crippen LogP contribution is -2.42. The molecular weight excluding hydrogens is 409 g/mol. The summed E-state index contributed by atoms with van der Waals surface area (Å²) in [4.78, 5) is 35.2. The smallest absolute Gasteiger partial charge is 0.273 e. The fourth-order valence-electron chi connectivity index (χ4n) is 3.01. The van der Waals surface area contributed by atoms with Gasteiger partial charge in [0, 0.05) is 51.1 Å². The zero-order valence-electron chi connectivity index (χ0n) is 16.1. The second kappa shape index (κ2) is 13.3. The highest BCUT2D eigenvalue weighted by Crippen LogP contribution is 2.14. The van der Waals surface area contributed by atoms with Gasteiger partial charge in [0.1, 0.15) is 5.69 Å². The van der Waals surface area contributed by atoms with Crippen molar-refractivity contribution in [2.24, 2.45) is 5.73 Å². The van der Waals surface area contributed by atoms with Gasteiger partial charge >= 0.3 is 0 Å². The van der Waals surface area contributed by atoms with Gasteiger partial charge in [-0.3, -0.25) is 14.5 Å². The SMILES string of the molecule is CCN(CC)C(=O)CN1CCCN(C(=O)c2csc(CCN)n2)CC1.Cl.Cl. The van der Waals surface area contributed by atoms with Gasteiger partial charge in [-0.15, -0.1) is 36.2 Å². The number of hydrogen-bond acceptors (Lipinski definition) is 6. The molecule has 1 aromatic rings.